The third kappa shape index (κ3) is 5.52. The van der Waals surface area contributed by atoms with Gasteiger partial charge in [0.1, 0.15) is 0 Å². The zero-order chi connectivity index (χ0) is 19.2. The highest BCUT2D eigenvalue weighted by molar-refractivity contribution is 5.78. The minimum Gasteiger partial charge on any atom is -0.386 e. The molecule has 0 aliphatic carbocycles. The van der Waals surface area contributed by atoms with Crippen LogP contribution in [0.2, 0.25) is 0 Å². The van der Waals surface area contributed by atoms with Gasteiger partial charge in [-0.1, -0.05) is 13.0 Å². The minimum absolute atomic E-state index is 0.0464. The fourth-order valence-electron chi connectivity index (χ4n) is 2.50. The lowest BCUT2D eigenvalue weighted by Crippen LogP contribution is -2.36. The number of carbonyl (C=O) groups is 1. The number of amides is 1. The molecule has 0 radical (unpaired) electrons. The highest BCUT2D eigenvalue weighted by Crippen LogP contribution is 2.29. The second-order valence-corrected chi connectivity index (χ2v) is 5.90. The SMILES string of the molecule is CCCN(CC(O)c1cccnc1)C(=O)Cc1cncc(C(F)(F)F)c1. The highest BCUT2D eigenvalue weighted by Gasteiger charge is 2.31. The highest BCUT2D eigenvalue weighted by atomic mass is 19.4. The Morgan fingerprint density at radius 1 is 1.27 bits per heavy atom. The first-order valence-corrected chi connectivity index (χ1v) is 8.18. The lowest BCUT2D eigenvalue weighted by Gasteiger charge is -2.25. The van der Waals surface area contributed by atoms with E-state index in [2.05, 4.69) is 9.97 Å². The summed E-state index contributed by atoms with van der Waals surface area (Å²) in [6.07, 6.45) is 0.0775. The Bertz CT molecular complexity index is 723. The average Bonchev–Trinajstić information content (AvgIpc) is 2.61. The maximum Gasteiger partial charge on any atom is 0.417 e. The molecule has 0 fully saturated rings. The second-order valence-electron chi connectivity index (χ2n) is 5.90. The Kier molecular flexibility index (Phi) is 6.68. The number of halogens is 3. The molecule has 0 aliphatic rings. The average molecular weight is 367 g/mol. The molecule has 2 heterocycles. The van der Waals surface area contributed by atoms with Gasteiger partial charge in [0.25, 0.3) is 0 Å². The third-order valence-corrected chi connectivity index (χ3v) is 3.79. The van der Waals surface area contributed by atoms with Gasteiger partial charge in [-0.2, -0.15) is 13.2 Å². The molecule has 1 atom stereocenters. The Hall–Kier alpha value is -2.48. The summed E-state index contributed by atoms with van der Waals surface area (Å²) in [5.74, 6) is -0.365. The number of aromatic nitrogens is 2. The number of aliphatic hydroxyl groups is 1. The molecule has 0 bridgehead atoms. The Labute approximate surface area is 149 Å². The van der Waals surface area contributed by atoms with Crippen molar-refractivity contribution in [3.8, 4) is 0 Å². The Morgan fingerprint density at radius 2 is 2.04 bits per heavy atom. The quantitative estimate of drug-likeness (QED) is 0.817. The zero-order valence-corrected chi connectivity index (χ0v) is 14.3. The van der Waals surface area contributed by atoms with Crippen LogP contribution in [0, 0.1) is 0 Å². The third-order valence-electron chi connectivity index (χ3n) is 3.79. The summed E-state index contributed by atoms with van der Waals surface area (Å²) in [7, 11) is 0. The van der Waals surface area contributed by atoms with Crippen LogP contribution in [-0.4, -0.2) is 39.0 Å². The number of alkyl halides is 3. The van der Waals surface area contributed by atoms with Crippen molar-refractivity contribution in [1.29, 1.82) is 0 Å². The first-order chi connectivity index (χ1) is 12.3. The van der Waals surface area contributed by atoms with Gasteiger partial charge in [0.15, 0.2) is 0 Å². The fraction of sp³-hybridized carbons (Fsp3) is 0.389. The van der Waals surface area contributed by atoms with E-state index in [1.54, 1.807) is 18.3 Å². The van der Waals surface area contributed by atoms with Gasteiger partial charge in [-0.15, -0.1) is 0 Å². The number of nitrogens with zero attached hydrogens (tertiary/aromatic N) is 3. The molecule has 2 aromatic heterocycles. The number of hydrogen-bond donors (Lipinski definition) is 1. The lowest BCUT2D eigenvalue weighted by molar-refractivity contribution is -0.138. The van der Waals surface area contributed by atoms with Gasteiger partial charge in [-0.05, 0) is 24.1 Å². The van der Waals surface area contributed by atoms with Gasteiger partial charge in [0, 0.05) is 36.9 Å². The molecule has 0 saturated carbocycles. The van der Waals surface area contributed by atoms with Crippen LogP contribution in [0.1, 0.15) is 36.1 Å². The van der Waals surface area contributed by atoms with E-state index in [0.29, 0.717) is 18.5 Å². The first kappa shape index (κ1) is 19.8. The maximum absolute atomic E-state index is 12.8. The predicted molar refractivity (Wildman–Crippen MR) is 89.0 cm³/mol. The van der Waals surface area contributed by atoms with Crippen molar-refractivity contribution in [3.05, 3.63) is 59.7 Å². The lowest BCUT2D eigenvalue weighted by atomic mass is 10.1. The van der Waals surface area contributed by atoms with E-state index in [9.17, 15) is 23.1 Å². The van der Waals surface area contributed by atoms with E-state index in [4.69, 9.17) is 0 Å². The van der Waals surface area contributed by atoms with Crippen molar-refractivity contribution in [3.63, 3.8) is 0 Å². The molecule has 1 unspecified atom stereocenters. The molecule has 8 heteroatoms. The van der Waals surface area contributed by atoms with Crippen LogP contribution < -0.4 is 0 Å². The van der Waals surface area contributed by atoms with Crippen molar-refractivity contribution in [1.82, 2.24) is 14.9 Å². The van der Waals surface area contributed by atoms with Crippen LogP contribution in [0.3, 0.4) is 0 Å². The van der Waals surface area contributed by atoms with Gasteiger partial charge in [0.2, 0.25) is 5.91 Å². The molecule has 0 spiro atoms. The standard InChI is InChI=1S/C18H20F3N3O2/c1-2-6-24(12-16(25)14-4-3-5-22-10-14)17(26)8-13-7-15(11-23-9-13)18(19,20)21/h3-5,7,9-11,16,25H,2,6,8,12H2,1H3. The van der Waals surface area contributed by atoms with E-state index in [1.165, 1.54) is 17.3 Å². The topological polar surface area (TPSA) is 66.3 Å². The molecule has 1 amide bonds. The van der Waals surface area contributed by atoms with Crippen LogP contribution in [0.5, 0.6) is 0 Å². The van der Waals surface area contributed by atoms with Gasteiger partial charge in [-0.25, -0.2) is 0 Å². The summed E-state index contributed by atoms with van der Waals surface area (Å²) in [4.78, 5) is 21.5. The Morgan fingerprint density at radius 3 is 2.65 bits per heavy atom. The number of carbonyl (C=O) groups excluding carboxylic acids is 1. The van der Waals surface area contributed by atoms with Gasteiger partial charge in [-0.3, -0.25) is 14.8 Å². The van der Waals surface area contributed by atoms with Crippen LogP contribution in [0.15, 0.2) is 43.0 Å². The van der Waals surface area contributed by atoms with Crippen molar-refractivity contribution < 1.29 is 23.1 Å². The number of hydrogen-bond acceptors (Lipinski definition) is 4. The zero-order valence-electron chi connectivity index (χ0n) is 14.3. The number of pyridine rings is 2. The van der Waals surface area contributed by atoms with Crippen molar-refractivity contribution >= 4 is 5.91 Å². The van der Waals surface area contributed by atoms with Crippen LogP contribution >= 0.6 is 0 Å². The van der Waals surface area contributed by atoms with Gasteiger partial charge in [0.05, 0.1) is 24.6 Å². The molecule has 140 valence electrons. The summed E-state index contributed by atoms with van der Waals surface area (Å²) >= 11 is 0. The van der Waals surface area contributed by atoms with E-state index in [0.717, 1.165) is 12.3 Å². The fourth-order valence-corrected chi connectivity index (χ4v) is 2.50. The molecule has 0 aliphatic heterocycles. The van der Waals surface area contributed by atoms with E-state index < -0.39 is 17.8 Å². The Balaban J connectivity index is 2.09. The molecular formula is C18H20F3N3O2. The van der Waals surface area contributed by atoms with Crippen LogP contribution in [0.4, 0.5) is 13.2 Å². The number of rotatable bonds is 7. The normalized spacial score (nSPS) is 12.7. The van der Waals surface area contributed by atoms with Gasteiger partial charge < -0.3 is 10.0 Å². The van der Waals surface area contributed by atoms with E-state index >= 15 is 0 Å². The minimum atomic E-state index is -4.51. The molecule has 5 nitrogen and oxygen atoms in total. The molecule has 1 N–H and O–H groups in total. The first-order valence-electron chi connectivity index (χ1n) is 8.18. The predicted octanol–water partition coefficient (Wildman–Crippen LogP) is 3.01. The molecule has 26 heavy (non-hydrogen) atoms. The van der Waals surface area contributed by atoms with E-state index in [1.807, 2.05) is 6.92 Å². The van der Waals surface area contributed by atoms with Gasteiger partial charge >= 0.3 is 6.18 Å². The largest absolute Gasteiger partial charge is 0.417 e. The summed E-state index contributed by atoms with van der Waals surface area (Å²) in [5, 5.41) is 10.3. The van der Waals surface area contributed by atoms with Crippen molar-refractivity contribution in [2.24, 2.45) is 0 Å². The molecule has 2 aromatic rings. The molecular weight excluding hydrogens is 347 g/mol. The molecule has 0 aromatic carbocycles. The summed E-state index contributed by atoms with van der Waals surface area (Å²) in [5.41, 5.74) is -0.135. The van der Waals surface area contributed by atoms with Crippen molar-refractivity contribution in [2.45, 2.75) is 32.0 Å². The van der Waals surface area contributed by atoms with Crippen LogP contribution in [0.25, 0.3) is 0 Å². The van der Waals surface area contributed by atoms with E-state index in [-0.39, 0.29) is 24.4 Å². The second kappa shape index (κ2) is 8.75. The maximum atomic E-state index is 12.8. The smallest absolute Gasteiger partial charge is 0.386 e. The number of aliphatic hydroxyl groups excluding tert-OH is 1. The molecule has 0 saturated heterocycles. The molecule has 2 rings (SSSR count). The summed E-state index contributed by atoms with van der Waals surface area (Å²) in [6.45, 7) is 2.32. The summed E-state index contributed by atoms with van der Waals surface area (Å²) < 4.78 is 38.3. The summed E-state index contributed by atoms with van der Waals surface area (Å²) in [6, 6.07) is 4.30. The monoisotopic (exact) mass is 367 g/mol. The van der Waals surface area contributed by atoms with Crippen molar-refractivity contribution in [2.75, 3.05) is 13.1 Å². The van der Waals surface area contributed by atoms with Crippen LogP contribution in [-0.2, 0) is 17.4 Å².